The molecule has 1 aromatic carbocycles. The number of benzene rings is 1. The quantitative estimate of drug-likeness (QED) is 0.808. The maximum atomic E-state index is 12.0. The Hall–Kier alpha value is -1.39. The summed E-state index contributed by atoms with van der Waals surface area (Å²) in [5, 5.41) is 2.94. The third kappa shape index (κ3) is 3.31. The first-order valence-electron chi connectivity index (χ1n) is 6.32. The number of aryl methyl sites for hydroxylation is 2. The average molecular weight is 250 g/mol. The van der Waals surface area contributed by atoms with Crippen molar-refractivity contribution in [3.05, 3.63) is 29.3 Å². The highest BCUT2D eigenvalue weighted by atomic mass is 16.5. The van der Waals surface area contributed by atoms with E-state index in [1.165, 1.54) is 7.11 Å². The fraction of sp³-hybridized carbons (Fsp3) is 0.500. The van der Waals surface area contributed by atoms with E-state index in [1.807, 2.05) is 18.2 Å². The highest BCUT2D eigenvalue weighted by Crippen LogP contribution is 2.22. The van der Waals surface area contributed by atoms with Crippen molar-refractivity contribution in [3.8, 4) is 0 Å². The van der Waals surface area contributed by atoms with Gasteiger partial charge in [-0.1, -0.05) is 32.0 Å². The number of hydrogen-bond donors (Lipinski definition) is 2. The van der Waals surface area contributed by atoms with Gasteiger partial charge in [0.25, 0.3) is 5.91 Å². The number of ether oxygens (including phenoxy) is 1. The molecular weight excluding hydrogens is 228 g/mol. The molecule has 1 amide bonds. The van der Waals surface area contributed by atoms with E-state index in [-0.39, 0.29) is 12.5 Å². The third-order valence-corrected chi connectivity index (χ3v) is 3.04. The van der Waals surface area contributed by atoms with Crippen molar-refractivity contribution < 1.29 is 9.53 Å². The van der Waals surface area contributed by atoms with Crippen LogP contribution >= 0.6 is 0 Å². The number of hydrogen-bond acceptors (Lipinski definition) is 3. The Balaban J connectivity index is 2.98. The van der Waals surface area contributed by atoms with Gasteiger partial charge in [-0.15, -0.1) is 0 Å². The number of amides is 1. The van der Waals surface area contributed by atoms with Crippen LogP contribution < -0.4 is 11.1 Å². The van der Waals surface area contributed by atoms with E-state index in [0.717, 1.165) is 29.7 Å². The van der Waals surface area contributed by atoms with Crippen LogP contribution in [0.2, 0.25) is 0 Å². The fourth-order valence-electron chi connectivity index (χ4n) is 1.92. The number of nitrogens with two attached hydrogens (primary N) is 1. The van der Waals surface area contributed by atoms with E-state index < -0.39 is 6.10 Å². The molecule has 0 heterocycles. The average Bonchev–Trinajstić information content (AvgIpc) is 2.40. The second-order valence-electron chi connectivity index (χ2n) is 4.11. The zero-order chi connectivity index (χ0) is 13.5. The van der Waals surface area contributed by atoms with Crippen LogP contribution in [-0.2, 0) is 22.4 Å². The lowest BCUT2D eigenvalue weighted by molar-refractivity contribution is -0.125. The molecule has 0 spiro atoms. The SMILES string of the molecule is CCc1cccc(CC)c1NC(=O)C(CN)OC. The van der Waals surface area contributed by atoms with Gasteiger partial charge in [0.05, 0.1) is 0 Å². The zero-order valence-electron chi connectivity index (χ0n) is 11.3. The van der Waals surface area contributed by atoms with Crippen LogP contribution in [0.15, 0.2) is 18.2 Å². The van der Waals surface area contributed by atoms with Crippen LogP contribution in [0.5, 0.6) is 0 Å². The lowest BCUT2D eigenvalue weighted by atomic mass is 10.0. The van der Waals surface area contributed by atoms with Crippen molar-refractivity contribution in [3.63, 3.8) is 0 Å². The molecule has 0 aromatic heterocycles. The summed E-state index contributed by atoms with van der Waals surface area (Å²) in [7, 11) is 1.49. The van der Waals surface area contributed by atoms with Crippen LogP contribution in [0.4, 0.5) is 5.69 Å². The summed E-state index contributed by atoms with van der Waals surface area (Å²) >= 11 is 0. The van der Waals surface area contributed by atoms with E-state index in [2.05, 4.69) is 19.2 Å². The van der Waals surface area contributed by atoms with E-state index in [0.29, 0.717) is 0 Å². The second-order valence-corrected chi connectivity index (χ2v) is 4.11. The number of rotatable bonds is 6. The molecular formula is C14H22N2O2. The van der Waals surface area contributed by atoms with Crippen molar-refractivity contribution >= 4 is 11.6 Å². The smallest absolute Gasteiger partial charge is 0.254 e. The molecule has 0 saturated heterocycles. The topological polar surface area (TPSA) is 64.4 Å². The van der Waals surface area contributed by atoms with Gasteiger partial charge in [-0.25, -0.2) is 0 Å². The predicted molar refractivity (Wildman–Crippen MR) is 73.7 cm³/mol. The van der Waals surface area contributed by atoms with Crippen LogP contribution in [0.1, 0.15) is 25.0 Å². The minimum atomic E-state index is -0.598. The molecule has 0 aliphatic carbocycles. The van der Waals surface area contributed by atoms with Crippen molar-refractivity contribution in [2.45, 2.75) is 32.8 Å². The largest absolute Gasteiger partial charge is 0.370 e. The van der Waals surface area contributed by atoms with Gasteiger partial charge >= 0.3 is 0 Å². The van der Waals surface area contributed by atoms with E-state index in [4.69, 9.17) is 10.5 Å². The maximum Gasteiger partial charge on any atom is 0.254 e. The normalized spacial score (nSPS) is 12.2. The molecule has 1 unspecified atom stereocenters. The predicted octanol–water partition coefficient (Wildman–Crippen LogP) is 1.72. The Labute approximate surface area is 109 Å². The van der Waals surface area contributed by atoms with Gasteiger partial charge in [-0.05, 0) is 24.0 Å². The summed E-state index contributed by atoms with van der Waals surface area (Å²) in [6, 6.07) is 6.07. The molecule has 18 heavy (non-hydrogen) atoms. The third-order valence-electron chi connectivity index (χ3n) is 3.04. The second kappa shape index (κ2) is 7.13. The Morgan fingerprint density at radius 3 is 2.28 bits per heavy atom. The molecule has 0 fully saturated rings. The van der Waals surface area contributed by atoms with Crippen molar-refractivity contribution in [2.24, 2.45) is 5.73 Å². The van der Waals surface area contributed by atoms with Crippen LogP contribution in [-0.4, -0.2) is 25.7 Å². The zero-order valence-corrected chi connectivity index (χ0v) is 11.3. The maximum absolute atomic E-state index is 12.0. The van der Waals surface area contributed by atoms with Crippen LogP contribution in [0.25, 0.3) is 0 Å². The molecule has 3 N–H and O–H groups in total. The van der Waals surface area contributed by atoms with E-state index in [1.54, 1.807) is 0 Å². The number of anilines is 1. The van der Waals surface area contributed by atoms with Gasteiger partial charge in [0.2, 0.25) is 0 Å². The van der Waals surface area contributed by atoms with Gasteiger partial charge in [0.1, 0.15) is 6.10 Å². The van der Waals surface area contributed by atoms with Gasteiger partial charge in [0.15, 0.2) is 0 Å². The number of methoxy groups -OCH3 is 1. The molecule has 0 aliphatic rings. The van der Waals surface area contributed by atoms with Crippen LogP contribution in [0, 0.1) is 0 Å². The highest BCUT2D eigenvalue weighted by molar-refractivity contribution is 5.95. The molecule has 1 atom stereocenters. The number of carbonyl (C=O) groups is 1. The van der Waals surface area contributed by atoms with Gasteiger partial charge in [0, 0.05) is 19.3 Å². The summed E-state index contributed by atoms with van der Waals surface area (Å²) < 4.78 is 5.04. The molecule has 0 bridgehead atoms. The summed E-state index contributed by atoms with van der Waals surface area (Å²) in [5.74, 6) is -0.185. The minimum Gasteiger partial charge on any atom is -0.370 e. The van der Waals surface area contributed by atoms with Gasteiger partial charge < -0.3 is 15.8 Å². The van der Waals surface area contributed by atoms with Crippen molar-refractivity contribution in [2.75, 3.05) is 19.0 Å². The summed E-state index contributed by atoms with van der Waals surface area (Å²) in [5.41, 5.74) is 8.67. The fourth-order valence-corrected chi connectivity index (χ4v) is 1.92. The molecule has 0 aliphatic heterocycles. The monoisotopic (exact) mass is 250 g/mol. The number of para-hydroxylation sites is 1. The van der Waals surface area contributed by atoms with Gasteiger partial charge in [-0.3, -0.25) is 4.79 Å². The Morgan fingerprint density at radius 2 is 1.89 bits per heavy atom. The molecule has 0 saturated carbocycles. The van der Waals surface area contributed by atoms with E-state index in [9.17, 15) is 4.79 Å². The van der Waals surface area contributed by atoms with Crippen molar-refractivity contribution in [1.29, 1.82) is 0 Å². The van der Waals surface area contributed by atoms with E-state index >= 15 is 0 Å². The lowest BCUT2D eigenvalue weighted by Crippen LogP contribution is -2.36. The molecule has 100 valence electrons. The molecule has 4 nitrogen and oxygen atoms in total. The van der Waals surface area contributed by atoms with Gasteiger partial charge in [-0.2, -0.15) is 0 Å². The molecule has 4 heteroatoms. The summed E-state index contributed by atoms with van der Waals surface area (Å²) in [4.78, 5) is 12.0. The molecule has 1 aromatic rings. The Kier molecular flexibility index (Phi) is 5.82. The first kappa shape index (κ1) is 14.7. The number of nitrogens with one attached hydrogen (secondary N) is 1. The minimum absolute atomic E-state index is 0.179. The van der Waals surface area contributed by atoms with Crippen molar-refractivity contribution in [1.82, 2.24) is 0 Å². The standard InChI is InChI=1S/C14H22N2O2/c1-4-10-7-6-8-11(5-2)13(10)16-14(17)12(9-15)18-3/h6-8,12H,4-5,9,15H2,1-3H3,(H,16,17). The first-order valence-corrected chi connectivity index (χ1v) is 6.32. The molecule has 1 rings (SSSR count). The number of carbonyl (C=O) groups excluding carboxylic acids is 1. The Morgan fingerprint density at radius 1 is 1.33 bits per heavy atom. The Bertz CT molecular complexity index is 379. The highest BCUT2D eigenvalue weighted by Gasteiger charge is 2.18. The molecule has 0 radical (unpaired) electrons. The van der Waals surface area contributed by atoms with Crippen LogP contribution in [0.3, 0.4) is 0 Å². The lowest BCUT2D eigenvalue weighted by Gasteiger charge is -2.17. The summed E-state index contributed by atoms with van der Waals surface area (Å²) in [6.07, 6.45) is 1.16. The summed E-state index contributed by atoms with van der Waals surface area (Å²) in [6.45, 7) is 4.32. The first-order chi connectivity index (χ1) is 8.67.